The summed E-state index contributed by atoms with van der Waals surface area (Å²) in [5, 5.41) is 9.03. The lowest BCUT2D eigenvalue weighted by Gasteiger charge is -2.35. The standard InChI is InChI=1S/C19H20F2N2O5S/c20-19(21)28-16-7-5-15(6-8-16)22-9-11-23(12-10-22)29(26,27)17-4-2-1-3-14(17)13-18(24)25/h1-8,19H,9-13H2,(H,24,25). The Morgan fingerprint density at radius 3 is 2.24 bits per heavy atom. The van der Waals surface area contributed by atoms with Crippen molar-refractivity contribution in [2.75, 3.05) is 31.1 Å². The maximum Gasteiger partial charge on any atom is 0.387 e. The number of carboxylic acids is 1. The number of aliphatic carboxylic acids is 1. The van der Waals surface area contributed by atoms with Gasteiger partial charge in [0.25, 0.3) is 0 Å². The van der Waals surface area contributed by atoms with Crippen LogP contribution in [0.25, 0.3) is 0 Å². The van der Waals surface area contributed by atoms with Crippen molar-refractivity contribution in [2.24, 2.45) is 0 Å². The zero-order valence-corrected chi connectivity index (χ0v) is 16.2. The van der Waals surface area contributed by atoms with Gasteiger partial charge in [0, 0.05) is 31.9 Å². The number of hydrogen-bond donors (Lipinski definition) is 1. The smallest absolute Gasteiger partial charge is 0.387 e. The lowest BCUT2D eigenvalue weighted by Crippen LogP contribution is -2.48. The normalized spacial score (nSPS) is 15.5. The highest BCUT2D eigenvalue weighted by atomic mass is 32.2. The molecule has 0 saturated carbocycles. The number of piperazine rings is 1. The summed E-state index contributed by atoms with van der Waals surface area (Å²) in [6.07, 6.45) is -0.373. The van der Waals surface area contributed by atoms with Crippen LogP contribution >= 0.6 is 0 Å². The van der Waals surface area contributed by atoms with Crippen molar-refractivity contribution in [1.29, 1.82) is 0 Å². The number of rotatable bonds is 7. The first-order valence-electron chi connectivity index (χ1n) is 8.87. The van der Waals surface area contributed by atoms with E-state index in [-0.39, 0.29) is 35.7 Å². The highest BCUT2D eigenvalue weighted by Gasteiger charge is 2.30. The fourth-order valence-corrected chi connectivity index (χ4v) is 4.87. The van der Waals surface area contributed by atoms with Crippen LogP contribution in [0.5, 0.6) is 5.75 Å². The zero-order chi connectivity index (χ0) is 21.0. The Labute approximate surface area is 167 Å². The van der Waals surface area contributed by atoms with Crippen molar-refractivity contribution in [2.45, 2.75) is 17.9 Å². The lowest BCUT2D eigenvalue weighted by atomic mass is 10.1. The average Bonchev–Trinajstić information content (AvgIpc) is 2.68. The highest BCUT2D eigenvalue weighted by molar-refractivity contribution is 7.89. The minimum Gasteiger partial charge on any atom is -0.481 e. The molecule has 0 unspecified atom stereocenters. The number of ether oxygens (including phenoxy) is 1. The molecule has 3 rings (SSSR count). The number of nitrogens with zero attached hydrogens (tertiary/aromatic N) is 2. The molecule has 0 amide bonds. The second-order valence-corrected chi connectivity index (χ2v) is 8.35. The van der Waals surface area contributed by atoms with Crippen LogP contribution in [0.4, 0.5) is 14.5 Å². The number of anilines is 1. The summed E-state index contributed by atoms with van der Waals surface area (Å²) in [6, 6.07) is 12.3. The topological polar surface area (TPSA) is 87.1 Å². The molecule has 2 aromatic carbocycles. The lowest BCUT2D eigenvalue weighted by molar-refractivity contribution is -0.136. The van der Waals surface area contributed by atoms with Gasteiger partial charge in [-0.2, -0.15) is 13.1 Å². The molecule has 29 heavy (non-hydrogen) atoms. The Morgan fingerprint density at radius 1 is 1.03 bits per heavy atom. The molecule has 0 aliphatic carbocycles. The quantitative estimate of drug-likeness (QED) is 0.732. The Hall–Kier alpha value is -2.72. The first kappa shape index (κ1) is 21.0. The summed E-state index contributed by atoms with van der Waals surface area (Å²) in [5.74, 6) is -1.04. The van der Waals surface area contributed by atoms with Gasteiger partial charge in [-0.1, -0.05) is 18.2 Å². The van der Waals surface area contributed by atoms with E-state index in [1.165, 1.54) is 28.6 Å². The molecule has 156 valence electrons. The summed E-state index contributed by atoms with van der Waals surface area (Å²) in [6.45, 7) is -1.62. The van der Waals surface area contributed by atoms with Gasteiger partial charge < -0.3 is 14.7 Å². The van der Waals surface area contributed by atoms with Gasteiger partial charge in [-0.25, -0.2) is 8.42 Å². The van der Waals surface area contributed by atoms with Gasteiger partial charge in [-0.05, 0) is 35.9 Å². The van der Waals surface area contributed by atoms with Crippen molar-refractivity contribution in [3.63, 3.8) is 0 Å². The molecule has 1 aliphatic heterocycles. The van der Waals surface area contributed by atoms with Gasteiger partial charge in [0.15, 0.2) is 0 Å². The number of carbonyl (C=O) groups is 1. The molecule has 2 aromatic rings. The third-order valence-electron chi connectivity index (χ3n) is 4.60. The van der Waals surface area contributed by atoms with Gasteiger partial charge in [0.05, 0.1) is 11.3 Å². The third-order valence-corrected chi connectivity index (χ3v) is 6.60. The van der Waals surface area contributed by atoms with Gasteiger partial charge in [-0.15, -0.1) is 0 Å². The van der Waals surface area contributed by atoms with Crippen molar-refractivity contribution in [1.82, 2.24) is 4.31 Å². The van der Waals surface area contributed by atoms with E-state index in [1.54, 1.807) is 24.3 Å². The first-order valence-corrected chi connectivity index (χ1v) is 10.3. The van der Waals surface area contributed by atoms with Gasteiger partial charge >= 0.3 is 12.6 Å². The molecule has 0 atom stereocenters. The maximum atomic E-state index is 13.0. The SMILES string of the molecule is O=C(O)Cc1ccccc1S(=O)(=O)N1CCN(c2ccc(OC(F)F)cc2)CC1. The number of sulfonamides is 1. The van der Waals surface area contributed by atoms with Gasteiger partial charge in [0.2, 0.25) is 10.0 Å². The van der Waals surface area contributed by atoms with E-state index in [4.69, 9.17) is 5.11 Å². The second kappa shape index (κ2) is 8.75. The third kappa shape index (κ3) is 5.01. The van der Waals surface area contributed by atoms with E-state index >= 15 is 0 Å². The molecule has 1 heterocycles. The maximum absolute atomic E-state index is 13.0. The number of alkyl halides is 2. The van der Waals surface area contributed by atoms with Crippen molar-refractivity contribution in [3.8, 4) is 5.75 Å². The number of benzene rings is 2. The Kier molecular flexibility index (Phi) is 6.33. The van der Waals surface area contributed by atoms with Crippen LogP contribution < -0.4 is 9.64 Å². The molecule has 0 spiro atoms. The van der Waals surface area contributed by atoms with E-state index < -0.39 is 22.6 Å². The Balaban J connectivity index is 1.69. The number of hydrogen-bond acceptors (Lipinski definition) is 5. The highest BCUT2D eigenvalue weighted by Crippen LogP contribution is 2.25. The number of carboxylic acid groups (broad SMARTS) is 1. The summed E-state index contributed by atoms with van der Waals surface area (Å²) >= 11 is 0. The fourth-order valence-electron chi connectivity index (χ4n) is 3.23. The van der Waals surface area contributed by atoms with Crippen molar-refractivity contribution >= 4 is 21.7 Å². The fraction of sp³-hybridized carbons (Fsp3) is 0.316. The Morgan fingerprint density at radius 2 is 1.66 bits per heavy atom. The Bertz CT molecular complexity index is 959. The van der Waals surface area contributed by atoms with Crippen LogP contribution in [0.3, 0.4) is 0 Å². The monoisotopic (exact) mass is 426 g/mol. The van der Waals surface area contributed by atoms with E-state index in [1.807, 2.05) is 4.90 Å². The largest absolute Gasteiger partial charge is 0.481 e. The number of halogens is 2. The molecule has 10 heteroatoms. The molecule has 1 N–H and O–H groups in total. The predicted molar refractivity (Wildman–Crippen MR) is 102 cm³/mol. The van der Waals surface area contributed by atoms with Crippen LogP contribution in [0, 0.1) is 0 Å². The minimum absolute atomic E-state index is 0.00403. The molecular formula is C19H20F2N2O5S. The van der Waals surface area contributed by atoms with Crippen LogP contribution in [-0.2, 0) is 21.2 Å². The molecule has 1 saturated heterocycles. The van der Waals surface area contributed by atoms with E-state index in [0.29, 0.717) is 13.1 Å². The van der Waals surface area contributed by atoms with E-state index in [2.05, 4.69) is 4.74 Å². The minimum atomic E-state index is -3.82. The second-order valence-electron chi connectivity index (χ2n) is 6.44. The predicted octanol–water partition coefficient (Wildman–Crippen LogP) is 2.43. The summed E-state index contributed by atoms with van der Waals surface area (Å²) in [5.41, 5.74) is 1.02. The van der Waals surface area contributed by atoms with E-state index in [0.717, 1.165) is 5.69 Å². The summed E-state index contributed by atoms with van der Waals surface area (Å²) in [7, 11) is -3.82. The molecule has 1 aliphatic rings. The first-order chi connectivity index (χ1) is 13.8. The van der Waals surface area contributed by atoms with Gasteiger partial charge in [0.1, 0.15) is 5.75 Å². The average molecular weight is 426 g/mol. The zero-order valence-electron chi connectivity index (χ0n) is 15.4. The molecule has 0 bridgehead atoms. The van der Waals surface area contributed by atoms with Crippen molar-refractivity contribution < 1.29 is 31.8 Å². The van der Waals surface area contributed by atoms with Crippen LogP contribution in [-0.4, -0.2) is 56.6 Å². The van der Waals surface area contributed by atoms with Crippen LogP contribution in [0.15, 0.2) is 53.4 Å². The summed E-state index contributed by atoms with van der Waals surface area (Å²) in [4.78, 5) is 13.0. The molecule has 7 nitrogen and oxygen atoms in total. The van der Waals surface area contributed by atoms with E-state index in [9.17, 15) is 22.0 Å². The molecule has 0 radical (unpaired) electrons. The van der Waals surface area contributed by atoms with Gasteiger partial charge in [-0.3, -0.25) is 4.79 Å². The molecule has 0 aromatic heterocycles. The summed E-state index contributed by atoms with van der Waals surface area (Å²) < 4.78 is 56.2. The van der Waals surface area contributed by atoms with Crippen LogP contribution in [0.1, 0.15) is 5.56 Å². The molecular weight excluding hydrogens is 406 g/mol. The van der Waals surface area contributed by atoms with Crippen LogP contribution in [0.2, 0.25) is 0 Å². The molecule has 1 fully saturated rings. The van der Waals surface area contributed by atoms with Crippen molar-refractivity contribution in [3.05, 3.63) is 54.1 Å².